The Bertz CT molecular complexity index is 1090. The van der Waals surface area contributed by atoms with Crippen LogP contribution in [-0.4, -0.2) is 28.0 Å². The molecule has 2 aromatic carbocycles. The highest BCUT2D eigenvalue weighted by atomic mass is 32.1. The molecular weight excluding hydrogens is 370 g/mol. The fraction of sp³-hybridized carbons (Fsp3) is 0.0556. The third-order valence-corrected chi connectivity index (χ3v) is 4.71. The van der Waals surface area contributed by atoms with Crippen molar-refractivity contribution in [1.29, 1.82) is 0 Å². The molecule has 134 valence electrons. The van der Waals surface area contributed by atoms with Gasteiger partial charge in [-0.2, -0.15) is 0 Å². The van der Waals surface area contributed by atoms with Crippen LogP contribution in [-0.2, 0) is 0 Å². The molecule has 1 aliphatic heterocycles. The maximum absolute atomic E-state index is 12.7. The highest BCUT2D eigenvalue weighted by Gasteiger charge is 2.38. The fourth-order valence-electron chi connectivity index (χ4n) is 2.63. The smallest absolute Gasteiger partial charge is 0.268 e. The number of fused-ring (bicyclic) bond motifs is 1. The molecule has 1 aliphatic rings. The Morgan fingerprint density at radius 3 is 2.30 bits per heavy atom. The van der Waals surface area contributed by atoms with Gasteiger partial charge in [-0.3, -0.25) is 9.59 Å². The highest BCUT2D eigenvalue weighted by Crippen LogP contribution is 2.33. The van der Waals surface area contributed by atoms with Crippen molar-refractivity contribution >= 4 is 34.3 Å². The molecule has 0 fully saturated rings. The van der Waals surface area contributed by atoms with Crippen molar-refractivity contribution < 1.29 is 24.2 Å². The summed E-state index contributed by atoms with van der Waals surface area (Å²) in [5.74, 6) is -1.52. The van der Waals surface area contributed by atoms with Crippen molar-refractivity contribution in [2.75, 3.05) is 4.90 Å². The van der Waals surface area contributed by atoms with Crippen LogP contribution in [0.5, 0.6) is 11.5 Å². The summed E-state index contributed by atoms with van der Waals surface area (Å²) in [5, 5.41) is 19.3. The summed E-state index contributed by atoms with van der Waals surface area (Å²) in [6.07, 6.45) is 0. The van der Waals surface area contributed by atoms with Gasteiger partial charge in [0.15, 0.2) is 0 Å². The van der Waals surface area contributed by atoms with E-state index in [1.807, 2.05) is 0 Å². The van der Waals surface area contributed by atoms with Gasteiger partial charge in [0.25, 0.3) is 11.8 Å². The number of rotatable bonds is 4. The first kappa shape index (κ1) is 16.9. The van der Waals surface area contributed by atoms with Crippen LogP contribution in [0, 0.1) is 6.92 Å². The van der Waals surface area contributed by atoms with Crippen molar-refractivity contribution in [1.82, 2.24) is 10.2 Å². The van der Waals surface area contributed by atoms with E-state index in [1.165, 1.54) is 36.4 Å². The lowest BCUT2D eigenvalue weighted by Gasteiger charge is -2.08. The van der Waals surface area contributed by atoms with Gasteiger partial charge in [-0.1, -0.05) is 11.3 Å². The standard InChI is InChI=1S/C18H11N3O5S/c1-9-19-20-18(27-9)21-15(22)13-7-6-12(8-14(13)16(21)23)26-11-4-2-10(3-5-11)17(24)25/h2-8H,1H3,(H,24,25)/p-1. The summed E-state index contributed by atoms with van der Waals surface area (Å²) in [4.78, 5) is 37.0. The lowest BCUT2D eigenvalue weighted by Crippen LogP contribution is -2.29. The summed E-state index contributed by atoms with van der Waals surface area (Å²) in [6, 6.07) is 10.2. The molecule has 8 nitrogen and oxygen atoms in total. The molecule has 0 saturated carbocycles. The number of nitrogens with zero attached hydrogens (tertiary/aromatic N) is 3. The second kappa shape index (κ2) is 6.29. The number of anilines is 1. The van der Waals surface area contributed by atoms with Crippen LogP contribution in [0.1, 0.15) is 36.1 Å². The second-order valence-electron chi connectivity index (χ2n) is 5.67. The normalized spacial score (nSPS) is 13.0. The molecule has 0 bridgehead atoms. The summed E-state index contributed by atoms with van der Waals surface area (Å²) in [7, 11) is 0. The Kier molecular flexibility index (Phi) is 3.93. The number of ether oxygens (including phenoxy) is 1. The number of benzene rings is 2. The number of aryl methyl sites for hydroxylation is 1. The minimum Gasteiger partial charge on any atom is -0.545 e. The Hall–Kier alpha value is -3.59. The molecule has 0 unspecified atom stereocenters. The zero-order valence-corrected chi connectivity index (χ0v) is 14.6. The number of carboxylic acid groups (broad SMARTS) is 1. The highest BCUT2D eigenvalue weighted by molar-refractivity contribution is 7.15. The van der Waals surface area contributed by atoms with Gasteiger partial charge in [-0.15, -0.1) is 10.2 Å². The molecule has 0 N–H and O–H groups in total. The largest absolute Gasteiger partial charge is 0.545 e. The fourth-order valence-corrected chi connectivity index (χ4v) is 3.31. The Morgan fingerprint density at radius 2 is 1.67 bits per heavy atom. The molecule has 4 rings (SSSR count). The summed E-state index contributed by atoms with van der Waals surface area (Å²) in [5.41, 5.74) is 0.490. The van der Waals surface area contributed by atoms with Crippen LogP contribution in [0.2, 0.25) is 0 Å². The van der Waals surface area contributed by atoms with E-state index in [0.29, 0.717) is 16.5 Å². The summed E-state index contributed by atoms with van der Waals surface area (Å²) < 4.78 is 5.65. The topological polar surface area (TPSA) is 113 Å². The van der Waals surface area contributed by atoms with E-state index in [1.54, 1.807) is 13.0 Å². The average Bonchev–Trinajstić information content (AvgIpc) is 3.17. The second-order valence-corrected chi connectivity index (χ2v) is 6.83. The summed E-state index contributed by atoms with van der Waals surface area (Å²) >= 11 is 1.15. The minimum atomic E-state index is -1.28. The minimum absolute atomic E-state index is 0.0278. The predicted octanol–water partition coefficient (Wildman–Crippen LogP) is 1.80. The van der Waals surface area contributed by atoms with Crippen LogP contribution in [0.25, 0.3) is 0 Å². The first-order valence-corrected chi connectivity index (χ1v) is 8.58. The number of carbonyl (C=O) groups excluding carboxylic acids is 3. The number of carboxylic acids is 1. The Morgan fingerprint density at radius 1 is 1.00 bits per heavy atom. The van der Waals surface area contributed by atoms with Crippen LogP contribution >= 0.6 is 11.3 Å². The Labute approximate surface area is 156 Å². The maximum Gasteiger partial charge on any atom is 0.268 e. The van der Waals surface area contributed by atoms with Crippen molar-refractivity contribution in [3.63, 3.8) is 0 Å². The van der Waals surface area contributed by atoms with Gasteiger partial charge in [-0.05, 0) is 55.0 Å². The molecule has 3 aromatic rings. The molecule has 0 spiro atoms. The number of imide groups is 1. The van der Waals surface area contributed by atoms with E-state index in [9.17, 15) is 19.5 Å². The first-order valence-electron chi connectivity index (χ1n) is 7.76. The van der Waals surface area contributed by atoms with E-state index >= 15 is 0 Å². The third kappa shape index (κ3) is 2.93. The van der Waals surface area contributed by atoms with Crippen molar-refractivity contribution in [2.24, 2.45) is 0 Å². The van der Waals surface area contributed by atoms with Crippen LogP contribution < -0.4 is 14.7 Å². The number of hydrogen-bond donors (Lipinski definition) is 0. The van der Waals surface area contributed by atoms with E-state index in [-0.39, 0.29) is 21.8 Å². The quantitative estimate of drug-likeness (QED) is 0.634. The van der Waals surface area contributed by atoms with E-state index < -0.39 is 17.8 Å². The van der Waals surface area contributed by atoms with Gasteiger partial charge in [0.2, 0.25) is 5.13 Å². The monoisotopic (exact) mass is 380 g/mol. The molecular formula is C18H10N3O5S-. The molecule has 0 radical (unpaired) electrons. The molecule has 9 heteroatoms. The predicted molar refractivity (Wildman–Crippen MR) is 93.1 cm³/mol. The van der Waals surface area contributed by atoms with Gasteiger partial charge in [0, 0.05) is 0 Å². The van der Waals surface area contributed by atoms with Crippen molar-refractivity contribution in [3.8, 4) is 11.5 Å². The first-order chi connectivity index (χ1) is 12.9. The number of amides is 2. The van der Waals surface area contributed by atoms with Crippen LogP contribution in [0.15, 0.2) is 42.5 Å². The number of aromatic nitrogens is 2. The lowest BCUT2D eigenvalue weighted by atomic mass is 10.1. The molecule has 0 atom stereocenters. The van der Waals surface area contributed by atoms with E-state index in [2.05, 4.69) is 10.2 Å². The van der Waals surface area contributed by atoms with Gasteiger partial charge in [-0.25, -0.2) is 4.90 Å². The van der Waals surface area contributed by atoms with Gasteiger partial charge < -0.3 is 14.6 Å². The number of carbonyl (C=O) groups is 3. The maximum atomic E-state index is 12.7. The Balaban J connectivity index is 1.62. The third-order valence-electron chi connectivity index (χ3n) is 3.89. The van der Waals surface area contributed by atoms with Crippen molar-refractivity contribution in [2.45, 2.75) is 6.92 Å². The SMILES string of the molecule is Cc1nnc(N2C(=O)c3ccc(Oc4ccc(C(=O)[O-])cc4)cc3C2=O)s1. The average molecular weight is 380 g/mol. The molecule has 2 heterocycles. The molecule has 0 aliphatic carbocycles. The van der Waals surface area contributed by atoms with Crippen LogP contribution in [0.3, 0.4) is 0 Å². The zero-order chi connectivity index (χ0) is 19.1. The van der Waals surface area contributed by atoms with Gasteiger partial charge >= 0.3 is 0 Å². The number of hydrogen-bond acceptors (Lipinski definition) is 8. The molecule has 27 heavy (non-hydrogen) atoms. The molecule has 1 aromatic heterocycles. The molecule has 2 amide bonds. The zero-order valence-electron chi connectivity index (χ0n) is 13.8. The van der Waals surface area contributed by atoms with Gasteiger partial charge in [0.1, 0.15) is 16.5 Å². The van der Waals surface area contributed by atoms with Crippen LogP contribution in [0.4, 0.5) is 5.13 Å². The van der Waals surface area contributed by atoms with E-state index in [4.69, 9.17) is 4.74 Å². The summed E-state index contributed by atoms with van der Waals surface area (Å²) in [6.45, 7) is 1.73. The lowest BCUT2D eigenvalue weighted by molar-refractivity contribution is -0.255. The number of aromatic carboxylic acids is 1. The van der Waals surface area contributed by atoms with Gasteiger partial charge in [0.05, 0.1) is 17.1 Å². The van der Waals surface area contributed by atoms with Crippen molar-refractivity contribution in [3.05, 3.63) is 64.2 Å². The molecule has 0 saturated heterocycles. The van der Waals surface area contributed by atoms with E-state index in [0.717, 1.165) is 16.2 Å².